The number of nitrogens with zero attached hydrogens (tertiary/aromatic N) is 4. The van der Waals surface area contributed by atoms with Gasteiger partial charge in [0.15, 0.2) is 0 Å². The van der Waals surface area contributed by atoms with Gasteiger partial charge in [0.2, 0.25) is 12.3 Å². The van der Waals surface area contributed by atoms with Crippen LogP contribution in [0.4, 0.5) is 10.1 Å². The van der Waals surface area contributed by atoms with Crippen molar-refractivity contribution in [2.75, 3.05) is 44.2 Å². The van der Waals surface area contributed by atoms with Crippen molar-refractivity contribution in [3.63, 3.8) is 0 Å². The topological polar surface area (TPSA) is 74.9 Å². The molecule has 152 valence electrons. The highest BCUT2D eigenvalue weighted by Gasteiger charge is 2.20. The molecule has 1 atom stereocenters. The molecule has 8 heteroatoms. The number of aliphatic hydroxyl groups excluding tert-OH is 1. The Labute approximate surface area is 168 Å². The number of rotatable bonds is 7. The van der Waals surface area contributed by atoms with E-state index in [0.29, 0.717) is 18.2 Å². The summed E-state index contributed by atoms with van der Waals surface area (Å²) in [6.45, 7) is 4.09. The van der Waals surface area contributed by atoms with E-state index in [1.807, 2.05) is 24.3 Å². The molecule has 4 rings (SSSR count). The Bertz CT molecular complexity index is 897. The Kier molecular flexibility index (Phi) is 6.02. The van der Waals surface area contributed by atoms with E-state index in [1.54, 1.807) is 12.1 Å². The number of aromatic nitrogens is 2. The van der Waals surface area contributed by atoms with Gasteiger partial charge in [-0.1, -0.05) is 6.07 Å². The quantitative estimate of drug-likeness (QED) is 0.655. The number of benzene rings is 2. The van der Waals surface area contributed by atoms with Gasteiger partial charge in [-0.15, -0.1) is 10.2 Å². The number of hydrogen-bond acceptors (Lipinski definition) is 7. The molecule has 2 heterocycles. The molecule has 1 fully saturated rings. The van der Waals surface area contributed by atoms with E-state index in [0.717, 1.165) is 37.4 Å². The van der Waals surface area contributed by atoms with Crippen LogP contribution in [0.5, 0.6) is 5.75 Å². The van der Waals surface area contributed by atoms with Gasteiger partial charge in [0.25, 0.3) is 0 Å². The van der Waals surface area contributed by atoms with Crippen LogP contribution in [0.1, 0.15) is 0 Å². The van der Waals surface area contributed by atoms with Gasteiger partial charge >= 0.3 is 0 Å². The second-order valence-corrected chi connectivity index (χ2v) is 7.00. The van der Waals surface area contributed by atoms with Crippen LogP contribution in [-0.4, -0.2) is 65.6 Å². The minimum atomic E-state index is -0.598. The predicted octanol–water partition coefficient (Wildman–Crippen LogP) is 2.44. The number of ether oxygens (including phenoxy) is 1. The summed E-state index contributed by atoms with van der Waals surface area (Å²) in [7, 11) is 0. The summed E-state index contributed by atoms with van der Waals surface area (Å²) in [6.07, 6.45) is 0.682. The largest absolute Gasteiger partial charge is 0.491 e. The van der Waals surface area contributed by atoms with Crippen LogP contribution >= 0.6 is 0 Å². The van der Waals surface area contributed by atoms with Crippen LogP contribution in [0.2, 0.25) is 0 Å². The van der Waals surface area contributed by atoms with Gasteiger partial charge in [-0.25, -0.2) is 4.39 Å². The molecular weight excluding hydrogens is 375 g/mol. The third-order valence-electron chi connectivity index (χ3n) is 4.92. The minimum Gasteiger partial charge on any atom is -0.491 e. The third-order valence-corrected chi connectivity index (χ3v) is 4.92. The van der Waals surface area contributed by atoms with Crippen molar-refractivity contribution < 1.29 is 18.7 Å². The standard InChI is InChI=1S/C21H23FN4O3/c22-17-4-6-18(7-5-17)26-10-8-25(9-11-26)13-19(27)14-28-20-3-1-2-16(12-20)21-24-23-15-29-21/h1-7,12,15,19,27H,8-11,13-14H2/t19-/m1/s1. The first kappa shape index (κ1) is 19.4. The highest BCUT2D eigenvalue weighted by atomic mass is 19.1. The summed E-state index contributed by atoms with van der Waals surface area (Å²) < 4.78 is 24.0. The summed E-state index contributed by atoms with van der Waals surface area (Å²) >= 11 is 0. The molecule has 0 saturated carbocycles. The van der Waals surface area contributed by atoms with Gasteiger partial charge in [-0.05, 0) is 42.5 Å². The maximum atomic E-state index is 13.1. The first-order valence-electron chi connectivity index (χ1n) is 9.58. The number of β-amino-alcohol motifs (C(OH)–C–C–N with tert-alkyl or cyclic N) is 1. The van der Waals surface area contributed by atoms with Crippen LogP contribution in [0.15, 0.2) is 59.3 Å². The van der Waals surface area contributed by atoms with E-state index < -0.39 is 6.10 Å². The molecule has 1 aliphatic rings. The fourth-order valence-electron chi connectivity index (χ4n) is 3.40. The molecule has 0 aliphatic carbocycles. The number of hydrogen-bond donors (Lipinski definition) is 1. The molecule has 1 aromatic heterocycles. The van der Waals surface area contributed by atoms with E-state index in [2.05, 4.69) is 20.0 Å². The van der Waals surface area contributed by atoms with Gasteiger partial charge in [-0.2, -0.15) is 0 Å². The average Bonchev–Trinajstić information content (AvgIpc) is 3.29. The molecule has 1 aliphatic heterocycles. The first-order valence-corrected chi connectivity index (χ1v) is 9.58. The Morgan fingerprint density at radius 2 is 1.90 bits per heavy atom. The fourth-order valence-corrected chi connectivity index (χ4v) is 3.40. The minimum absolute atomic E-state index is 0.200. The van der Waals surface area contributed by atoms with Gasteiger partial charge in [-0.3, -0.25) is 4.90 Å². The zero-order chi connectivity index (χ0) is 20.1. The van der Waals surface area contributed by atoms with Crippen molar-refractivity contribution >= 4 is 5.69 Å². The van der Waals surface area contributed by atoms with Crippen LogP contribution in [0.25, 0.3) is 11.5 Å². The lowest BCUT2D eigenvalue weighted by Gasteiger charge is -2.36. The highest BCUT2D eigenvalue weighted by molar-refractivity contribution is 5.55. The van der Waals surface area contributed by atoms with Crippen molar-refractivity contribution in [1.82, 2.24) is 15.1 Å². The summed E-state index contributed by atoms with van der Waals surface area (Å²) in [4.78, 5) is 4.44. The number of halogens is 1. The van der Waals surface area contributed by atoms with Gasteiger partial charge in [0.1, 0.15) is 24.3 Å². The highest BCUT2D eigenvalue weighted by Crippen LogP contribution is 2.22. The molecule has 0 unspecified atom stereocenters. The van der Waals surface area contributed by atoms with E-state index in [1.165, 1.54) is 18.5 Å². The lowest BCUT2D eigenvalue weighted by atomic mass is 10.2. The van der Waals surface area contributed by atoms with Gasteiger partial charge < -0.3 is 19.2 Å². The monoisotopic (exact) mass is 398 g/mol. The Hall–Kier alpha value is -2.97. The summed E-state index contributed by atoms with van der Waals surface area (Å²) in [5.74, 6) is 0.842. The van der Waals surface area contributed by atoms with E-state index >= 15 is 0 Å². The Morgan fingerprint density at radius 1 is 1.10 bits per heavy atom. The first-order chi connectivity index (χ1) is 14.2. The zero-order valence-corrected chi connectivity index (χ0v) is 15.9. The second-order valence-electron chi connectivity index (χ2n) is 7.00. The molecule has 0 amide bonds. The van der Waals surface area contributed by atoms with Crippen LogP contribution in [-0.2, 0) is 0 Å². The maximum absolute atomic E-state index is 13.1. The number of aliphatic hydroxyl groups is 1. The van der Waals surface area contributed by atoms with Crippen molar-refractivity contribution in [2.24, 2.45) is 0 Å². The summed E-state index contributed by atoms with van der Waals surface area (Å²) in [5.41, 5.74) is 1.79. The number of piperazine rings is 1. The van der Waals surface area contributed by atoms with Crippen molar-refractivity contribution in [1.29, 1.82) is 0 Å². The smallest absolute Gasteiger partial charge is 0.247 e. The molecule has 7 nitrogen and oxygen atoms in total. The van der Waals surface area contributed by atoms with Crippen LogP contribution < -0.4 is 9.64 Å². The Balaban J connectivity index is 1.23. The molecule has 1 N–H and O–H groups in total. The maximum Gasteiger partial charge on any atom is 0.247 e. The predicted molar refractivity (Wildman–Crippen MR) is 106 cm³/mol. The molecule has 0 radical (unpaired) electrons. The fraction of sp³-hybridized carbons (Fsp3) is 0.333. The number of anilines is 1. The molecule has 0 spiro atoms. The van der Waals surface area contributed by atoms with E-state index in [4.69, 9.17) is 9.15 Å². The second kappa shape index (κ2) is 9.02. The molecule has 3 aromatic rings. The molecule has 0 bridgehead atoms. The van der Waals surface area contributed by atoms with Crippen molar-refractivity contribution in [3.05, 3.63) is 60.7 Å². The van der Waals surface area contributed by atoms with Crippen LogP contribution in [0, 0.1) is 5.82 Å². The Morgan fingerprint density at radius 3 is 2.62 bits per heavy atom. The molecule has 1 saturated heterocycles. The van der Waals surface area contributed by atoms with Gasteiger partial charge in [0, 0.05) is 44.0 Å². The van der Waals surface area contributed by atoms with E-state index in [9.17, 15) is 9.50 Å². The summed E-state index contributed by atoms with van der Waals surface area (Å²) in [6, 6.07) is 13.9. The molecule has 2 aromatic carbocycles. The molecular formula is C21H23FN4O3. The normalized spacial score (nSPS) is 16.0. The van der Waals surface area contributed by atoms with E-state index in [-0.39, 0.29) is 12.4 Å². The zero-order valence-electron chi connectivity index (χ0n) is 15.9. The third kappa shape index (κ3) is 5.10. The lowest BCUT2D eigenvalue weighted by molar-refractivity contribution is 0.0663. The van der Waals surface area contributed by atoms with Crippen molar-refractivity contribution in [2.45, 2.75) is 6.10 Å². The SMILES string of the molecule is O[C@@H](COc1cccc(-c2nnco2)c1)CN1CCN(c2ccc(F)cc2)CC1. The molecule has 29 heavy (non-hydrogen) atoms. The van der Waals surface area contributed by atoms with Gasteiger partial charge in [0.05, 0.1) is 0 Å². The van der Waals surface area contributed by atoms with Crippen molar-refractivity contribution in [3.8, 4) is 17.2 Å². The average molecular weight is 398 g/mol. The summed E-state index contributed by atoms with van der Waals surface area (Å²) in [5, 5.41) is 17.9. The lowest BCUT2D eigenvalue weighted by Crippen LogP contribution is -2.49. The van der Waals surface area contributed by atoms with Crippen LogP contribution in [0.3, 0.4) is 0 Å².